The van der Waals surface area contributed by atoms with E-state index in [2.05, 4.69) is 20.8 Å². The van der Waals surface area contributed by atoms with Gasteiger partial charge in [-0.05, 0) is 40.5 Å². The molecule has 0 spiro atoms. The number of hydrogen-bond donors (Lipinski definition) is 1. The second-order valence-corrected chi connectivity index (χ2v) is 7.68. The average molecular weight is 334 g/mol. The van der Waals surface area contributed by atoms with Gasteiger partial charge < -0.3 is 10.0 Å². The van der Waals surface area contributed by atoms with Gasteiger partial charge in [-0.2, -0.15) is 0 Å². The molecule has 1 heterocycles. The van der Waals surface area contributed by atoms with E-state index in [0.717, 1.165) is 15.7 Å². The van der Waals surface area contributed by atoms with Crippen molar-refractivity contribution in [3.05, 3.63) is 28.2 Å². The number of sulfone groups is 1. The minimum atomic E-state index is -2.86. The van der Waals surface area contributed by atoms with Crippen LogP contribution in [0.15, 0.2) is 22.7 Å². The molecule has 1 aliphatic rings. The lowest BCUT2D eigenvalue weighted by Gasteiger charge is -2.29. The molecule has 1 fully saturated rings. The predicted molar refractivity (Wildman–Crippen MR) is 75.6 cm³/mol. The molecule has 0 saturated carbocycles. The zero-order chi connectivity index (χ0) is 13.3. The van der Waals surface area contributed by atoms with Crippen LogP contribution in [0.25, 0.3) is 0 Å². The maximum Gasteiger partial charge on any atom is 0.153 e. The van der Waals surface area contributed by atoms with Crippen molar-refractivity contribution in [2.45, 2.75) is 13.0 Å². The van der Waals surface area contributed by atoms with Crippen LogP contribution in [-0.2, 0) is 9.84 Å². The first-order chi connectivity index (χ1) is 8.39. The van der Waals surface area contributed by atoms with Crippen molar-refractivity contribution < 1.29 is 13.5 Å². The molecule has 1 aromatic carbocycles. The Kier molecular flexibility index (Phi) is 3.99. The molecule has 1 atom stereocenters. The van der Waals surface area contributed by atoms with Crippen LogP contribution in [0.3, 0.4) is 0 Å². The summed E-state index contributed by atoms with van der Waals surface area (Å²) in [6.07, 6.45) is -0.503. The van der Waals surface area contributed by atoms with Crippen LogP contribution in [0.4, 0.5) is 5.69 Å². The standard InChI is InChI=1S/C12H16BrNO3S/c1-9(15)10-2-3-12(11(13)8-10)14-4-6-18(16,17)7-5-14/h2-3,8-9,15H,4-7H2,1H3. The Labute approximate surface area is 116 Å². The Balaban J connectivity index is 2.20. The molecule has 1 unspecified atom stereocenters. The molecule has 0 aliphatic carbocycles. The fourth-order valence-electron chi connectivity index (χ4n) is 1.99. The minimum absolute atomic E-state index is 0.206. The maximum absolute atomic E-state index is 11.4. The third kappa shape index (κ3) is 3.05. The lowest BCUT2D eigenvalue weighted by atomic mass is 10.1. The summed E-state index contributed by atoms with van der Waals surface area (Å²) >= 11 is 3.48. The monoisotopic (exact) mass is 333 g/mol. The summed E-state index contributed by atoms with van der Waals surface area (Å²) in [5.74, 6) is 0.412. The Hall–Kier alpha value is -0.590. The topological polar surface area (TPSA) is 57.6 Å². The zero-order valence-corrected chi connectivity index (χ0v) is 12.5. The second kappa shape index (κ2) is 5.19. The van der Waals surface area contributed by atoms with Crippen LogP contribution in [0.2, 0.25) is 0 Å². The molecule has 100 valence electrons. The smallest absolute Gasteiger partial charge is 0.153 e. The fraction of sp³-hybridized carbons (Fsp3) is 0.500. The fourth-order valence-corrected chi connectivity index (χ4v) is 3.84. The number of nitrogens with zero attached hydrogens (tertiary/aromatic N) is 1. The quantitative estimate of drug-likeness (QED) is 0.895. The molecule has 0 bridgehead atoms. The van der Waals surface area contributed by atoms with Crippen molar-refractivity contribution in [1.29, 1.82) is 0 Å². The first-order valence-corrected chi connectivity index (χ1v) is 8.43. The maximum atomic E-state index is 11.4. The Morgan fingerprint density at radius 1 is 1.33 bits per heavy atom. The number of aliphatic hydroxyl groups excluding tert-OH is 1. The molecule has 1 aromatic rings. The number of aliphatic hydroxyl groups is 1. The summed E-state index contributed by atoms with van der Waals surface area (Å²) < 4.78 is 23.7. The van der Waals surface area contributed by atoms with E-state index in [1.807, 2.05) is 18.2 Å². The average Bonchev–Trinajstić information content (AvgIpc) is 2.29. The molecule has 1 N–H and O–H groups in total. The summed E-state index contributed by atoms with van der Waals surface area (Å²) in [6, 6.07) is 5.67. The number of hydrogen-bond acceptors (Lipinski definition) is 4. The van der Waals surface area contributed by atoms with Crippen LogP contribution < -0.4 is 4.90 Å². The van der Waals surface area contributed by atoms with Crippen LogP contribution in [0.5, 0.6) is 0 Å². The Morgan fingerprint density at radius 2 is 1.94 bits per heavy atom. The van der Waals surface area contributed by atoms with Crippen LogP contribution in [0, 0.1) is 0 Å². The van der Waals surface area contributed by atoms with Gasteiger partial charge in [-0.15, -0.1) is 0 Å². The van der Waals surface area contributed by atoms with E-state index < -0.39 is 15.9 Å². The van der Waals surface area contributed by atoms with E-state index in [-0.39, 0.29) is 11.5 Å². The Morgan fingerprint density at radius 3 is 2.44 bits per heavy atom. The zero-order valence-electron chi connectivity index (χ0n) is 10.1. The van der Waals surface area contributed by atoms with Gasteiger partial charge in [-0.1, -0.05) is 6.07 Å². The largest absolute Gasteiger partial charge is 0.389 e. The number of benzene rings is 1. The molecule has 1 aliphatic heterocycles. The summed E-state index contributed by atoms with van der Waals surface area (Å²) in [4.78, 5) is 2.05. The molecular weight excluding hydrogens is 318 g/mol. The summed E-state index contributed by atoms with van der Waals surface area (Å²) in [5.41, 5.74) is 1.82. The lowest BCUT2D eigenvalue weighted by Crippen LogP contribution is -2.40. The highest BCUT2D eigenvalue weighted by atomic mass is 79.9. The normalized spacial score (nSPS) is 20.7. The van der Waals surface area contributed by atoms with Gasteiger partial charge in [-0.25, -0.2) is 8.42 Å². The van der Waals surface area contributed by atoms with Gasteiger partial charge in [0.25, 0.3) is 0 Å². The number of halogens is 1. The number of rotatable bonds is 2. The lowest BCUT2D eigenvalue weighted by molar-refractivity contribution is 0.199. The highest BCUT2D eigenvalue weighted by Gasteiger charge is 2.23. The van der Waals surface area contributed by atoms with Crippen molar-refractivity contribution >= 4 is 31.5 Å². The molecular formula is C12H16BrNO3S. The SMILES string of the molecule is CC(O)c1ccc(N2CCS(=O)(=O)CC2)c(Br)c1. The van der Waals surface area contributed by atoms with Crippen LogP contribution in [-0.4, -0.2) is 38.1 Å². The van der Waals surface area contributed by atoms with Gasteiger partial charge in [0.05, 0.1) is 23.3 Å². The highest BCUT2D eigenvalue weighted by Crippen LogP contribution is 2.30. The van der Waals surface area contributed by atoms with E-state index in [1.54, 1.807) is 6.92 Å². The molecule has 2 rings (SSSR count). The van der Waals surface area contributed by atoms with Crippen molar-refractivity contribution in [2.24, 2.45) is 0 Å². The van der Waals surface area contributed by atoms with E-state index in [0.29, 0.717) is 13.1 Å². The predicted octanol–water partition coefficient (Wildman–Crippen LogP) is 1.74. The Bertz CT molecular complexity index is 528. The molecule has 6 heteroatoms. The van der Waals surface area contributed by atoms with E-state index >= 15 is 0 Å². The van der Waals surface area contributed by atoms with E-state index in [9.17, 15) is 13.5 Å². The van der Waals surface area contributed by atoms with Gasteiger partial charge in [-0.3, -0.25) is 0 Å². The van der Waals surface area contributed by atoms with Crippen LogP contribution >= 0.6 is 15.9 Å². The van der Waals surface area contributed by atoms with Crippen molar-refractivity contribution in [1.82, 2.24) is 0 Å². The molecule has 18 heavy (non-hydrogen) atoms. The third-order valence-corrected chi connectivity index (χ3v) is 5.38. The first-order valence-electron chi connectivity index (χ1n) is 5.82. The summed E-state index contributed by atoms with van der Waals surface area (Å²) in [5, 5.41) is 9.50. The first kappa shape index (κ1) is 13.8. The highest BCUT2D eigenvalue weighted by molar-refractivity contribution is 9.10. The van der Waals surface area contributed by atoms with E-state index in [1.165, 1.54) is 0 Å². The van der Waals surface area contributed by atoms with Gasteiger partial charge in [0.15, 0.2) is 9.84 Å². The molecule has 1 saturated heterocycles. The molecule has 0 amide bonds. The van der Waals surface area contributed by atoms with Gasteiger partial charge >= 0.3 is 0 Å². The minimum Gasteiger partial charge on any atom is -0.389 e. The second-order valence-electron chi connectivity index (χ2n) is 4.53. The summed E-state index contributed by atoms with van der Waals surface area (Å²) in [7, 11) is -2.86. The van der Waals surface area contributed by atoms with E-state index in [4.69, 9.17) is 0 Å². The molecule has 0 radical (unpaired) electrons. The van der Waals surface area contributed by atoms with Gasteiger partial charge in [0.2, 0.25) is 0 Å². The van der Waals surface area contributed by atoms with Crippen LogP contribution in [0.1, 0.15) is 18.6 Å². The van der Waals surface area contributed by atoms with Crippen molar-refractivity contribution in [3.63, 3.8) is 0 Å². The molecule has 4 nitrogen and oxygen atoms in total. The molecule has 0 aromatic heterocycles. The summed E-state index contributed by atoms with van der Waals surface area (Å²) in [6.45, 7) is 2.76. The van der Waals surface area contributed by atoms with Crippen molar-refractivity contribution in [3.8, 4) is 0 Å². The van der Waals surface area contributed by atoms with Crippen molar-refractivity contribution in [2.75, 3.05) is 29.5 Å². The van der Waals surface area contributed by atoms with Gasteiger partial charge in [0.1, 0.15) is 0 Å². The van der Waals surface area contributed by atoms with Gasteiger partial charge in [0, 0.05) is 17.6 Å². The number of anilines is 1. The third-order valence-electron chi connectivity index (χ3n) is 3.14.